The maximum absolute atomic E-state index is 13.4. The Morgan fingerprint density at radius 1 is 1.21 bits per heavy atom. The normalized spacial score (nSPS) is 18.1. The molecule has 106 valence electrons. The van der Waals surface area contributed by atoms with Crippen molar-refractivity contribution in [2.45, 2.75) is 29.8 Å². The summed E-state index contributed by atoms with van der Waals surface area (Å²) < 4.78 is 64.6. The van der Waals surface area contributed by atoms with Crippen molar-refractivity contribution in [3.63, 3.8) is 0 Å². The molecule has 0 atom stereocenters. The van der Waals surface area contributed by atoms with Gasteiger partial charge >= 0.3 is 0 Å². The molecular formula is C11H12F3NO3S. The largest absolute Gasteiger partial charge is 0.389 e. The summed E-state index contributed by atoms with van der Waals surface area (Å²) in [6, 6.07) is 1.17. The van der Waals surface area contributed by atoms with Crippen molar-refractivity contribution in [3.05, 3.63) is 29.6 Å². The summed E-state index contributed by atoms with van der Waals surface area (Å²) in [4.78, 5) is -0.977. The molecule has 0 unspecified atom stereocenters. The summed E-state index contributed by atoms with van der Waals surface area (Å²) in [5.74, 6) is -5.08. The van der Waals surface area contributed by atoms with Crippen molar-refractivity contribution < 1.29 is 26.7 Å². The highest BCUT2D eigenvalue weighted by molar-refractivity contribution is 7.89. The Balaban J connectivity index is 2.22. The SMILES string of the molecule is O=S(=O)(NCC1(O)CCC1)c1ccc(F)c(F)c1F. The fourth-order valence-electron chi connectivity index (χ4n) is 1.78. The third-order valence-electron chi connectivity index (χ3n) is 3.16. The molecule has 4 nitrogen and oxygen atoms in total. The highest BCUT2D eigenvalue weighted by Gasteiger charge is 2.36. The van der Waals surface area contributed by atoms with E-state index in [0.717, 1.165) is 6.42 Å². The summed E-state index contributed by atoms with van der Waals surface area (Å²) in [6.07, 6.45) is 1.66. The summed E-state index contributed by atoms with van der Waals surface area (Å²) in [6.45, 7) is -0.284. The van der Waals surface area contributed by atoms with Gasteiger partial charge < -0.3 is 5.11 Å². The molecule has 1 aliphatic carbocycles. The van der Waals surface area contributed by atoms with Crippen LogP contribution in [0.2, 0.25) is 0 Å². The van der Waals surface area contributed by atoms with Crippen LogP contribution in [0.4, 0.5) is 13.2 Å². The predicted molar refractivity (Wildman–Crippen MR) is 60.3 cm³/mol. The molecule has 0 saturated heterocycles. The number of rotatable bonds is 4. The lowest BCUT2D eigenvalue weighted by Crippen LogP contribution is -2.47. The van der Waals surface area contributed by atoms with Gasteiger partial charge in [0, 0.05) is 6.54 Å². The maximum atomic E-state index is 13.4. The van der Waals surface area contributed by atoms with Crippen LogP contribution in [0, 0.1) is 17.5 Å². The highest BCUT2D eigenvalue weighted by atomic mass is 32.2. The molecule has 0 amide bonds. The van der Waals surface area contributed by atoms with Crippen LogP contribution in [-0.2, 0) is 10.0 Å². The van der Waals surface area contributed by atoms with E-state index in [-0.39, 0.29) is 6.54 Å². The lowest BCUT2D eigenvalue weighted by molar-refractivity contribution is -0.0271. The Labute approximate surface area is 108 Å². The highest BCUT2D eigenvalue weighted by Crippen LogP contribution is 2.31. The van der Waals surface area contributed by atoms with Crippen LogP contribution < -0.4 is 4.72 Å². The van der Waals surface area contributed by atoms with E-state index >= 15 is 0 Å². The fraction of sp³-hybridized carbons (Fsp3) is 0.455. The Bertz CT molecular complexity index is 599. The molecule has 0 aliphatic heterocycles. The first-order valence-corrected chi connectivity index (χ1v) is 7.09. The van der Waals surface area contributed by atoms with Gasteiger partial charge in [0.05, 0.1) is 5.60 Å². The smallest absolute Gasteiger partial charge is 0.243 e. The van der Waals surface area contributed by atoms with Crippen LogP contribution in [-0.4, -0.2) is 25.7 Å². The molecular weight excluding hydrogens is 283 g/mol. The molecule has 0 spiro atoms. The minimum Gasteiger partial charge on any atom is -0.389 e. The molecule has 1 aromatic carbocycles. The number of sulfonamides is 1. The number of benzene rings is 1. The third-order valence-corrected chi connectivity index (χ3v) is 4.58. The average molecular weight is 295 g/mol. The van der Waals surface area contributed by atoms with E-state index in [9.17, 15) is 26.7 Å². The first kappa shape index (κ1) is 14.3. The van der Waals surface area contributed by atoms with E-state index in [2.05, 4.69) is 0 Å². The zero-order valence-electron chi connectivity index (χ0n) is 9.79. The summed E-state index contributed by atoms with van der Waals surface area (Å²) in [5, 5.41) is 9.73. The Hall–Kier alpha value is -1.12. The van der Waals surface area contributed by atoms with Crippen LogP contribution in [0.15, 0.2) is 17.0 Å². The second-order valence-electron chi connectivity index (χ2n) is 4.58. The van der Waals surface area contributed by atoms with Crippen LogP contribution >= 0.6 is 0 Å². The van der Waals surface area contributed by atoms with E-state index in [0.29, 0.717) is 25.0 Å². The van der Waals surface area contributed by atoms with Crippen molar-refractivity contribution in [1.82, 2.24) is 4.72 Å². The average Bonchev–Trinajstić information content (AvgIpc) is 2.31. The van der Waals surface area contributed by atoms with Crippen LogP contribution in [0.5, 0.6) is 0 Å². The van der Waals surface area contributed by atoms with Gasteiger partial charge in [-0.1, -0.05) is 0 Å². The first-order chi connectivity index (χ1) is 8.75. The molecule has 0 heterocycles. The van der Waals surface area contributed by atoms with Gasteiger partial charge in [0.2, 0.25) is 10.0 Å². The van der Waals surface area contributed by atoms with Crippen LogP contribution in [0.25, 0.3) is 0 Å². The van der Waals surface area contributed by atoms with Gasteiger partial charge in [-0.05, 0) is 31.4 Å². The summed E-state index contributed by atoms with van der Waals surface area (Å²) >= 11 is 0. The zero-order chi connectivity index (χ0) is 14.3. The van der Waals surface area contributed by atoms with Gasteiger partial charge in [-0.3, -0.25) is 0 Å². The molecule has 2 rings (SSSR count). The second kappa shape index (κ2) is 4.77. The van der Waals surface area contributed by atoms with Crippen molar-refractivity contribution >= 4 is 10.0 Å². The Morgan fingerprint density at radius 2 is 1.84 bits per heavy atom. The van der Waals surface area contributed by atoms with Gasteiger partial charge in [0.25, 0.3) is 0 Å². The van der Waals surface area contributed by atoms with E-state index in [1.165, 1.54) is 0 Å². The monoisotopic (exact) mass is 295 g/mol. The van der Waals surface area contributed by atoms with Crippen molar-refractivity contribution in [1.29, 1.82) is 0 Å². The zero-order valence-corrected chi connectivity index (χ0v) is 10.6. The third kappa shape index (κ3) is 2.75. The number of aliphatic hydroxyl groups is 1. The number of nitrogens with one attached hydrogen (secondary N) is 1. The van der Waals surface area contributed by atoms with E-state index in [1.54, 1.807) is 0 Å². The maximum Gasteiger partial charge on any atom is 0.243 e. The molecule has 8 heteroatoms. The standard InChI is InChI=1S/C11H12F3NO3S/c12-7-2-3-8(10(14)9(7)13)19(17,18)15-6-11(16)4-1-5-11/h2-3,15-16H,1,4-6H2. The first-order valence-electron chi connectivity index (χ1n) is 5.61. The molecule has 0 radical (unpaired) electrons. The number of hydrogen-bond acceptors (Lipinski definition) is 3. The fourth-order valence-corrected chi connectivity index (χ4v) is 2.97. The minimum absolute atomic E-state index is 0.284. The molecule has 1 aliphatic rings. The second-order valence-corrected chi connectivity index (χ2v) is 6.31. The van der Waals surface area contributed by atoms with E-state index in [4.69, 9.17) is 0 Å². The summed E-state index contributed by atoms with van der Waals surface area (Å²) in [7, 11) is -4.33. The van der Waals surface area contributed by atoms with Crippen molar-refractivity contribution in [2.75, 3.05) is 6.54 Å². The molecule has 2 N–H and O–H groups in total. The molecule has 1 aromatic rings. The van der Waals surface area contributed by atoms with Crippen LogP contribution in [0.3, 0.4) is 0 Å². The van der Waals surface area contributed by atoms with Gasteiger partial charge in [-0.15, -0.1) is 0 Å². The molecule has 1 fully saturated rings. The Morgan fingerprint density at radius 3 is 2.37 bits per heavy atom. The van der Waals surface area contributed by atoms with Gasteiger partial charge in [-0.2, -0.15) is 0 Å². The lowest BCUT2D eigenvalue weighted by Gasteiger charge is -2.36. The van der Waals surface area contributed by atoms with Crippen molar-refractivity contribution in [2.24, 2.45) is 0 Å². The Kier molecular flexibility index (Phi) is 3.59. The van der Waals surface area contributed by atoms with E-state index in [1.807, 2.05) is 4.72 Å². The summed E-state index contributed by atoms with van der Waals surface area (Å²) in [5.41, 5.74) is -1.14. The number of halogens is 3. The topological polar surface area (TPSA) is 66.4 Å². The quantitative estimate of drug-likeness (QED) is 0.823. The molecule has 19 heavy (non-hydrogen) atoms. The van der Waals surface area contributed by atoms with Gasteiger partial charge in [-0.25, -0.2) is 26.3 Å². The molecule has 1 saturated carbocycles. The van der Waals surface area contributed by atoms with Crippen LogP contribution in [0.1, 0.15) is 19.3 Å². The molecule has 0 bridgehead atoms. The predicted octanol–water partition coefficient (Wildman–Crippen LogP) is 1.30. The van der Waals surface area contributed by atoms with E-state index < -0.39 is 38.0 Å². The van der Waals surface area contributed by atoms with Gasteiger partial charge in [0.15, 0.2) is 17.5 Å². The lowest BCUT2D eigenvalue weighted by atomic mass is 9.81. The minimum atomic E-state index is -4.33. The number of hydrogen-bond donors (Lipinski definition) is 2. The van der Waals surface area contributed by atoms with Crippen molar-refractivity contribution in [3.8, 4) is 0 Å². The van der Waals surface area contributed by atoms with Gasteiger partial charge in [0.1, 0.15) is 4.90 Å². The molecule has 0 aromatic heterocycles.